The molecule has 0 aromatic rings. The van der Waals surface area contributed by atoms with Gasteiger partial charge in [-0.25, -0.2) is 0 Å². The van der Waals surface area contributed by atoms with Crippen LogP contribution in [0.2, 0.25) is 0 Å². The first kappa shape index (κ1) is 12.3. The SMILES string of the molecule is COCCCC[C@@]1(C)CCCC=C1Br. The van der Waals surface area contributed by atoms with Gasteiger partial charge in [-0.05, 0) is 42.0 Å². The maximum atomic E-state index is 5.06. The van der Waals surface area contributed by atoms with E-state index in [4.69, 9.17) is 4.74 Å². The number of rotatable bonds is 5. The molecule has 1 nitrogen and oxygen atoms in total. The Morgan fingerprint density at radius 3 is 2.93 bits per heavy atom. The highest BCUT2D eigenvalue weighted by molar-refractivity contribution is 9.11. The lowest BCUT2D eigenvalue weighted by Gasteiger charge is -2.32. The van der Waals surface area contributed by atoms with Gasteiger partial charge >= 0.3 is 0 Å². The third-order valence-corrected chi connectivity index (χ3v) is 4.44. The van der Waals surface area contributed by atoms with Crippen molar-refractivity contribution in [3.05, 3.63) is 10.6 Å². The van der Waals surface area contributed by atoms with Crippen LogP contribution in [0, 0.1) is 5.41 Å². The Kier molecular flexibility index (Phi) is 5.18. The lowest BCUT2D eigenvalue weighted by Crippen LogP contribution is -2.19. The smallest absolute Gasteiger partial charge is 0.0462 e. The third-order valence-electron chi connectivity index (χ3n) is 3.16. The molecule has 0 fully saturated rings. The predicted octanol–water partition coefficient (Wildman–Crippen LogP) is 4.27. The monoisotopic (exact) mass is 260 g/mol. The van der Waals surface area contributed by atoms with Crippen molar-refractivity contribution >= 4 is 15.9 Å². The van der Waals surface area contributed by atoms with Crippen molar-refractivity contribution in [1.29, 1.82) is 0 Å². The Hall–Kier alpha value is 0.180. The van der Waals surface area contributed by atoms with Gasteiger partial charge in [0.15, 0.2) is 0 Å². The molecule has 1 rings (SSSR count). The third kappa shape index (κ3) is 3.39. The summed E-state index contributed by atoms with van der Waals surface area (Å²) in [6, 6.07) is 0. The van der Waals surface area contributed by atoms with Gasteiger partial charge < -0.3 is 4.74 Å². The molecule has 0 aliphatic heterocycles. The summed E-state index contributed by atoms with van der Waals surface area (Å²) >= 11 is 3.71. The topological polar surface area (TPSA) is 9.23 Å². The number of allylic oxidation sites excluding steroid dienone is 2. The fourth-order valence-corrected chi connectivity index (χ4v) is 2.72. The molecular weight excluding hydrogens is 240 g/mol. The molecule has 0 amide bonds. The fraction of sp³-hybridized carbons (Fsp3) is 0.833. The van der Waals surface area contributed by atoms with Gasteiger partial charge in [-0.1, -0.05) is 35.4 Å². The van der Waals surface area contributed by atoms with E-state index in [-0.39, 0.29) is 0 Å². The molecule has 1 aliphatic rings. The lowest BCUT2D eigenvalue weighted by molar-refractivity contribution is 0.186. The number of unbranched alkanes of at least 4 members (excludes halogenated alkanes) is 1. The number of hydrogen-bond acceptors (Lipinski definition) is 1. The van der Waals surface area contributed by atoms with E-state index >= 15 is 0 Å². The van der Waals surface area contributed by atoms with Crippen molar-refractivity contribution in [2.75, 3.05) is 13.7 Å². The second-order valence-electron chi connectivity index (χ2n) is 4.45. The molecule has 0 aromatic heterocycles. The van der Waals surface area contributed by atoms with Crippen LogP contribution in [0.5, 0.6) is 0 Å². The molecule has 0 bridgehead atoms. The average Bonchev–Trinajstić information content (AvgIpc) is 2.18. The Labute approximate surface area is 96.0 Å². The molecule has 0 N–H and O–H groups in total. The molecule has 82 valence electrons. The van der Waals surface area contributed by atoms with E-state index in [0.717, 1.165) is 6.61 Å². The van der Waals surface area contributed by atoms with Crippen LogP contribution in [-0.4, -0.2) is 13.7 Å². The van der Waals surface area contributed by atoms with Crippen LogP contribution >= 0.6 is 15.9 Å². The Bertz CT molecular complexity index is 200. The summed E-state index contributed by atoms with van der Waals surface area (Å²) in [5, 5.41) is 0. The van der Waals surface area contributed by atoms with Crippen LogP contribution in [0.25, 0.3) is 0 Å². The van der Waals surface area contributed by atoms with Crippen LogP contribution in [0.3, 0.4) is 0 Å². The number of methoxy groups -OCH3 is 1. The lowest BCUT2D eigenvalue weighted by atomic mass is 9.77. The Balaban J connectivity index is 2.33. The van der Waals surface area contributed by atoms with Crippen molar-refractivity contribution < 1.29 is 4.74 Å². The molecule has 0 spiro atoms. The Morgan fingerprint density at radius 2 is 2.29 bits per heavy atom. The summed E-state index contributed by atoms with van der Waals surface area (Å²) < 4.78 is 6.49. The van der Waals surface area contributed by atoms with Gasteiger partial charge in [-0.2, -0.15) is 0 Å². The summed E-state index contributed by atoms with van der Waals surface area (Å²) in [6.07, 6.45) is 10.0. The van der Waals surface area contributed by atoms with E-state index in [1.54, 1.807) is 7.11 Å². The van der Waals surface area contributed by atoms with Gasteiger partial charge in [-0.3, -0.25) is 0 Å². The van der Waals surface area contributed by atoms with Gasteiger partial charge in [0.25, 0.3) is 0 Å². The van der Waals surface area contributed by atoms with Gasteiger partial charge in [0.1, 0.15) is 0 Å². The maximum absolute atomic E-state index is 5.06. The van der Waals surface area contributed by atoms with Gasteiger partial charge in [0.2, 0.25) is 0 Å². The van der Waals surface area contributed by atoms with Crippen LogP contribution in [0.15, 0.2) is 10.6 Å². The first-order chi connectivity index (χ1) is 6.69. The van der Waals surface area contributed by atoms with E-state index in [2.05, 4.69) is 28.9 Å². The number of hydrogen-bond donors (Lipinski definition) is 0. The highest BCUT2D eigenvalue weighted by Crippen LogP contribution is 2.44. The summed E-state index contributed by atoms with van der Waals surface area (Å²) in [5.74, 6) is 0. The van der Waals surface area contributed by atoms with Gasteiger partial charge in [-0.15, -0.1) is 0 Å². The maximum Gasteiger partial charge on any atom is 0.0462 e. The van der Waals surface area contributed by atoms with Crippen molar-refractivity contribution in [1.82, 2.24) is 0 Å². The zero-order chi connectivity index (χ0) is 10.4. The molecular formula is C12H21BrO. The molecule has 0 unspecified atom stereocenters. The van der Waals surface area contributed by atoms with E-state index in [1.165, 1.54) is 43.0 Å². The molecule has 1 aliphatic carbocycles. The van der Waals surface area contributed by atoms with Crippen LogP contribution in [0.1, 0.15) is 45.4 Å². The predicted molar refractivity (Wildman–Crippen MR) is 64.7 cm³/mol. The summed E-state index contributed by atoms with van der Waals surface area (Å²) in [7, 11) is 1.78. The molecule has 1 atom stereocenters. The zero-order valence-corrected chi connectivity index (χ0v) is 10.9. The number of ether oxygens (including phenoxy) is 1. The van der Waals surface area contributed by atoms with Crippen molar-refractivity contribution in [3.8, 4) is 0 Å². The quantitative estimate of drug-likeness (QED) is 0.671. The normalized spacial score (nSPS) is 27.5. The van der Waals surface area contributed by atoms with E-state index in [0.29, 0.717) is 5.41 Å². The molecule has 0 saturated carbocycles. The Morgan fingerprint density at radius 1 is 1.50 bits per heavy atom. The van der Waals surface area contributed by atoms with E-state index in [1.807, 2.05) is 0 Å². The largest absolute Gasteiger partial charge is 0.385 e. The van der Waals surface area contributed by atoms with Crippen molar-refractivity contribution in [3.63, 3.8) is 0 Å². The molecule has 0 saturated heterocycles. The first-order valence-corrected chi connectivity index (χ1v) is 6.33. The van der Waals surface area contributed by atoms with E-state index < -0.39 is 0 Å². The minimum atomic E-state index is 0.409. The standard InChI is InChI=1S/C12H21BrO/c1-12(9-5-6-10-14-2)8-4-3-7-11(12)13/h7H,3-6,8-10H2,1-2H3/t12-/m1/s1. The van der Waals surface area contributed by atoms with Gasteiger partial charge in [0, 0.05) is 13.7 Å². The highest BCUT2D eigenvalue weighted by atomic mass is 79.9. The zero-order valence-electron chi connectivity index (χ0n) is 9.31. The van der Waals surface area contributed by atoms with Crippen LogP contribution in [0.4, 0.5) is 0 Å². The molecule has 0 radical (unpaired) electrons. The fourth-order valence-electron chi connectivity index (χ4n) is 2.09. The minimum Gasteiger partial charge on any atom is -0.385 e. The second-order valence-corrected chi connectivity index (χ2v) is 5.31. The molecule has 2 heteroatoms. The molecule has 0 heterocycles. The summed E-state index contributed by atoms with van der Waals surface area (Å²) in [4.78, 5) is 0. The second kappa shape index (κ2) is 5.92. The van der Waals surface area contributed by atoms with Crippen molar-refractivity contribution in [2.24, 2.45) is 5.41 Å². The van der Waals surface area contributed by atoms with Crippen LogP contribution < -0.4 is 0 Å². The highest BCUT2D eigenvalue weighted by Gasteiger charge is 2.28. The van der Waals surface area contributed by atoms with Gasteiger partial charge in [0.05, 0.1) is 0 Å². The number of halogens is 1. The average molecular weight is 261 g/mol. The molecule has 0 aromatic carbocycles. The van der Waals surface area contributed by atoms with Crippen LogP contribution in [-0.2, 0) is 4.74 Å². The summed E-state index contributed by atoms with van der Waals surface area (Å²) in [5.41, 5.74) is 0.409. The molecule has 14 heavy (non-hydrogen) atoms. The first-order valence-electron chi connectivity index (χ1n) is 5.54. The summed E-state index contributed by atoms with van der Waals surface area (Å²) in [6.45, 7) is 3.27. The van der Waals surface area contributed by atoms with E-state index in [9.17, 15) is 0 Å². The van der Waals surface area contributed by atoms with Crippen molar-refractivity contribution in [2.45, 2.75) is 45.4 Å². The minimum absolute atomic E-state index is 0.409.